The number of ether oxygens (including phenoxy) is 2. The van der Waals surface area contributed by atoms with Gasteiger partial charge in [-0.3, -0.25) is 19.2 Å². The molecule has 0 heterocycles. The molecule has 8 nitrogen and oxygen atoms in total. The molecule has 0 aliphatic carbocycles. The molecule has 0 radical (unpaired) electrons. The molecule has 188 valence electrons. The summed E-state index contributed by atoms with van der Waals surface area (Å²) in [6.45, 7) is 5.12. The van der Waals surface area contributed by atoms with E-state index in [1.165, 1.54) is 0 Å². The maximum atomic E-state index is 11.2. The molecule has 0 aliphatic rings. The van der Waals surface area contributed by atoms with E-state index in [0.29, 0.717) is 38.9 Å². The minimum absolute atomic E-state index is 0.164. The minimum atomic E-state index is -0.740. The number of esters is 2. The topological polar surface area (TPSA) is 127 Å². The summed E-state index contributed by atoms with van der Waals surface area (Å²) in [6, 6.07) is 0. The van der Waals surface area contributed by atoms with Crippen LogP contribution in [0.1, 0.15) is 117 Å². The van der Waals surface area contributed by atoms with Gasteiger partial charge in [0.2, 0.25) is 0 Å². The first-order valence-electron chi connectivity index (χ1n) is 12.1. The molecule has 0 fully saturated rings. The van der Waals surface area contributed by atoms with Gasteiger partial charge >= 0.3 is 23.9 Å². The number of carbonyl (C=O) groups excluding carboxylic acids is 2. The third kappa shape index (κ3) is 30.1. The first kappa shape index (κ1) is 32.1. The van der Waals surface area contributed by atoms with E-state index in [1.807, 2.05) is 0 Å². The van der Waals surface area contributed by atoms with Crippen LogP contribution in [0, 0.1) is 0 Å². The fourth-order valence-electron chi connectivity index (χ4n) is 2.60. The highest BCUT2D eigenvalue weighted by atomic mass is 16.5. The monoisotopic (exact) mass is 460 g/mol. The summed E-state index contributed by atoms with van der Waals surface area (Å²) in [5, 5.41) is 16.7. The van der Waals surface area contributed by atoms with Gasteiger partial charge in [-0.2, -0.15) is 0 Å². The smallest absolute Gasteiger partial charge is 0.305 e. The van der Waals surface area contributed by atoms with Gasteiger partial charge in [-0.25, -0.2) is 0 Å². The van der Waals surface area contributed by atoms with E-state index in [4.69, 9.17) is 19.7 Å². The van der Waals surface area contributed by atoms with Crippen LogP contribution in [0.5, 0.6) is 0 Å². The van der Waals surface area contributed by atoms with E-state index in [2.05, 4.69) is 13.8 Å². The normalized spacial score (nSPS) is 10.1. The molecule has 0 rings (SSSR count). The number of carbonyl (C=O) groups is 4. The number of rotatable bonds is 20. The van der Waals surface area contributed by atoms with Crippen molar-refractivity contribution in [3.05, 3.63) is 0 Å². The van der Waals surface area contributed by atoms with Crippen molar-refractivity contribution in [2.24, 2.45) is 0 Å². The summed E-state index contributed by atoms with van der Waals surface area (Å²) >= 11 is 0. The van der Waals surface area contributed by atoms with Crippen molar-refractivity contribution in [2.75, 3.05) is 13.2 Å². The molecule has 0 saturated carbocycles. The molecule has 8 heteroatoms. The summed E-state index contributed by atoms with van der Waals surface area (Å²) in [5.74, 6) is -1.81. The molecule has 0 spiro atoms. The molecule has 0 atom stereocenters. The van der Waals surface area contributed by atoms with Crippen LogP contribution in [-0.4, -0.2) is 47.3 Å². The third-order valence-electron chi connectivity index (χ3n) is 4.56. The summed E-state index contributed by atoms with van der Waals surface area (Å²) in [5.41, 5.74) is 0. The Labute approximate surface area is 193 Å². The second kappa shape index (κ2) is 25.1. The van der Waals surface area contributed by atoms with Crippen LogP contribution in [0.15, 0.2) is 0 Å². The van der Waals surface area contributed by atoms with Crippen LogP contribution < -0.4 is 0 Å². The second-order valence-corrected chi connectivity index (χ2v) is 7.76. The standard InChI is InChI=1S/C14H26O4.C10H18O4/c1-3-5-11-17-13(15)9-7-8-10-14(16)18-12-6-4-2;11-9(12)7-5-3-1-2-4-6-8-10(13)14/h3-12H2,1-2H3;1-8H2,(H,11,12)(H,13,14). The molecular weight excluding hydrogens is 416 g/mol. The van der Waals surface area contributed by atoms with E-state index >= 15 is 0 Å². The summed E-state index contributed by atoms with van der Waals surface area (Å²) < 4.78 is 10.0. The number of hydrogen-bond acceptors (Lipinski definition) is 6. The molecule has 0 aliphatic heterocycles. The quantitative estimate of drug-likeness (QED) is 0.180. The number of unbranched alkanes of at least 4 members (excludes halogenated alkanes) is 8. The lowest BCUT2D eigenvalue weighted by Crippen LogP contribution is -2.07. The van der Waals surface area contributed by atoms with Gasteiger partial charge in [0, 0.05) is 25.7 Å². The molecule has 0 aromatic heterocycles. The number of aliphatic carboxylic acids is 2. The zero-order valence-corrected chi connectivity index (χ0v) is 20.1. The van der Waals surface area contributed by atoms with Crippen molar-refractivity contribution in [3.8, 4) is 0 Å². The van der Waals surface area contributed by atoms with E-state index in [1.54, 1.807) is 0 Å². The molecule has 0 aromatic carbocycles. The van der Waals surface area contributed by atoms with Gasteiger partial charge in [-0.15, -0.1) is 0 Å². The molecule has 0 aromatic rings. The Morgan fingerprint density at radius 1 is 0.500 bits per heavy atom. The second-order valence-electron chi connectivity index (χ2n) is 7.76. The molecule has 0 amide bonds. The van der Waals surface area contributed by atoms with Gasteiger partial charge in [-0.05, 0) is 38.5 Å². The maximum absolute atomic E-state index is 11.2. The average Bonchev–Trinajstić information content (AvgIpc) is 2.73. The molecular formula is C24H44O8. The third-order valence-corrected chi connectivity index (χ3v) is 4.56. The van der Waals surface area contributed by atoms with Crippen LogP contribution in [0.25, 0.3) is 0 Å². The molecule has 0 unspecified atom stereocenters. The number of carboxylic acids is 2. The zero-order chi connectivity index (χ0) is 24.5. The Hall–Kier alpha value is -2.12. The number of hydrogen-bond donors (Lipinski definition) is 2. The lowest BCUT2D eigenvalue weighted by atomic mass is 10.1. The van der Waals surface area contributed by atoms with E-state index in [0.717, 1.165) is 64.2 Å². The Kier molecular flexibility index (Phi) is 25.2. The van der Waals surface area contributed by atoms with Crippen LogP contribution in [0.3, 0.4) is 0 Å². The van der Waals surface area contributed by atoms with E-state index in [9.17, 15) is 19.2 Å². The average molecular weight is 461 g/mol. The Balaban J connectivity index is 0. The van der Waals surface area contributed by atoms with Gasteiger partial charge in [-0.1, -0.05) is 52.4 Å². The van der Waals surface area contributed by atoms with Crippen molar-refractivity contribution >= 4 is 23.9 Å². The first-order chi connectivity index (χ1) is 15.3. The lowest BCUT2D eigenvalue weighted by Gasteiger charge is -2.04. The molecule has 32 heavy (non-hydrogen) atoms. The van der Waals surface area contributed by atoms with Crippen LogP contribution in [-0.2, 0) is 28.7 Å². The summed E-state index contributed by atoms with van der Waals surface area (Å²) in [6.07, 6.45) is 11.9. The number of carboxylic acid groups (broad SMARTS) is 2. The fraction of sp³-hybridized carbons (Fsp3) is 0.833. The van der Waals surface area contributed by atoms with Crippen molar-refractivity contribution in [1.82, 2.24) is 0 Å². The van der Waals surface area contributed by atoms with Crippen molar-refractivity contribution in [3.63, 3.8) is 0 Å². The highest BCUT2D eigenvalue weighted by Crippen LogP contribution is 2.08. The largest absolute Gasteiger partial charge is 0.481 e. The van der Waals surface area contributed by atoms with Crippen molar-refractivity contribution in [2.45, 2.75) is 117 Å². The van der Waals surface area contributed by atoms with Gasteiger partial charge in [0.15, 0.2) is 0 Å². The highest BCUT2D eigenvalue weighted by molar-refractivity contribution is 5.70. The zero-order valence-electron chi connectivity index (χ0n) is 20.1. The predicted octanol–water partition coefficient (Wildman–Crippen LogP) is 5.51. The molecule has 2 N–H and O–H groups in total. The lowest BCUT2D eigenvalue weighted by molar-refractivity contribution is -0.146. The maximum Gasteiger partial charge on any atom is 0.305 e. The van der Waals surface area contributed by atoms with Crippen LogP contribution in [0.2, 0.25) is 0 Å². The molecule has 0 saturated heterocycles. The Bertz CT molecular complexity index is 446. The van der Waals surface area contributed by atoms with E-state index in [-0.39, 0.29) is 24.8 Å². The van der Waals surface area contributed by atoms with Gasteiger partial charge in [0.05, 0.1) is 13.2 Å². The summed E-state index contributed by atoms with van der Waals surface area (Å²) in [4.78, 5) is 42.8. The first-order valence-corrected chi connectivity index (χ1v) is 12.1. The Morgan fingerprint density at radius 3 is 1.12 bits per heavy atom. The van der Waals surface area contributed by atoms with Gasteiger partial charge in [0.25, 0.3) is 0 Å². The summed E-state index contributed by atoms with van der Waals surface area (Å²) in [7, 11) is 0. The highest BCUT2D eigenvalue weighted by Gasteiger charge is 2.05. The van der Waals surface area contributed by atoms with Gasteiger partial charge < -0.3 is 19.7 Å². The van der Waals surface area contributed by atoms with Gasteiger partial charge in [0.1, 0.15) is 0 Å². The van der Waals surface area contributed by atoms with Crippen LogP contribution in [0.4, 0.5) is 0 Å². The van der Waals surface area contributed by atoms with E-state index < -0.39 is 11.9 Å². The molecule has 0 bridgehead atoms. The van der Waals surface area contributed by atoms with Crippen LogP contribution >= 0.6 is 0 Å². The SMILES string of the molecule is CCCCOC(=O)CCCCC(=O)OCCCC.O=C(O)CCCCCCCCC(=O)O. The van der Waals surface area contributed by atoms with Crippen molar-refractivity contribution in [1.29, 1.82) is 0 Å². The predicted molar refractivity (Wildman–Crippen MR) is 122 cm³/mol. The van der Waals surface area contributed by atoms with Crippen molar-refractivity contribution < 1.29 is 38.9 Å². The fourth-order valence-corrected chi connectivity index (χ4v) is 2.60. The Morgan fingerprint density at radius 2 is 0.812 bits per heavy atom. The minimum Gasteiger partial charge on any atom is -0.481 e.